The molecule has 4 atom stereocenters. The highest BCUT2D eigenvalue weighted by Gasteiger charge is 2.57. The molecular weight excluding hydrogens is 270 g/mol. The van der Waals surface area contributed by atoms with Gasteiger partial charge in [0.2, 0.25) is 5.91 Å². The summed E-state index contributed by atoms with van der Waals surface area (Å²) < 4.78 is 4.85. The average Bonchev–Trinajstić information content (AvgIpc) is 3.21. The van der Waals surface area contributed by atoms with Gasteiger partial charge in [-0.15, -0.1) is 0 Å². The first kappa shape index (κ1) is 14.1. The highest BCUT2D eigenvalue weighted by molar-refractivity contribution is 5.88. The summed E-state index contributed by atoms with van der Waals surface area (Å²) in [6, 6.07) is 7.25. The maximum atomic E-state index is 12.3. The smallest absolute Gasteiger partial charge is 0.328 e. The summed E-state index contributed by atoms with van der Waals surface area (Å²) in [6.45, 7) is -0.0142. The van der Waals surface area contributed by atoms with Crippen LogP contribution >= 0.6 is 0 Å². The molecule has 3 rings (SSSR count). The normalized spacial score (nSPS) is 27.2. The maximum Gasteiger partial charge on any atom is 0.328 e. The molecule has 0 spiro atoms. The largest absolute Gasteiger partial charge is 0.480 e. The molecule has 0 radical (unpaired) electrons. The summed E-state index contributed by atoms with van der Waals surface area (Å²) in [4.78, 5) is 23.4. The van der Waals surface area contributed by atoms with Crippen molar-refractivity contribution in [2.45, 2.75) is 24.8 Å². The van der Waals surface area contributed by atoms with E-state index in [0.717, 1.165) is 12.8 Å². The third kappa shape index (κ3) is 2.53. The summed E-state index contributed by atoms with van der Waals surface area (Å²) in [5, 5.41) is 11.7. The van der Waals surface area contributed by atoms with Gasteiger partial charge in [0, 0.05) is 13.0 Å². The Morgan fingerprint density at radius 1 is 1.43 bits per heavy atom. The molecule has 21 heavy (non-hydrogen) atoms. The molecule has 5 heteroatoms. The van der Waals surface area contributed by atoms with Crippen molar-refractivity contribution in [3.63, 3.8) is 0 Å². The lowest BCUT2D eigenvalue weighted by Gasteiger charge is -2.13. The standard InChI is InChI=1S/C16H19NO4/c1-21-8-12(16(19)20)17-15(18)14-11-7-6-9-4-2-3-5-10(9)13(11)14/h2-5,11-14H,6-8H2,1H3,(H,17,18)(H,19,20). The van der Waals surface area contributed by atoms with E-state index in [2.05, 4.69) is 17.4 Å². The molecule has 1 aromatic carbocycles. The van der Waals surface area contributed by atoms with Gasteiger partial charge >= 0.3 is 5.97 Å². The third-order valence-electron chi connectivity index (χ3n) is 4.58. The second kappa shape index (κ2) is 5.48. The molecule has 0 aromatic heterocycles. The number of carbonyl (C=O) groups excluding carboxylic acids is 1. The van der Waals surface area contributed by atoms with Crippen molar-refractivity contribution in [1.82, 2.24) is 5.32 Å². The van der Waals surface area contributed by atoms with E-state index in [-0.39, 0.29) is 24.3 Å². The molecule has 1 amide bonds. The number of aryl methyl sites for hydroxylation is 1. The van der Waals surface area contributed by atoms with Crippen LogP contribution in [0.1, 0.15) is 23.5 Å². The second-order valence-corrected chi connectivity index (χ2v) is 5.81. The lowest BCUT2D eigenvalue weighted by atomic mass is 9.92. The van der Waals surface area contributed by atoms with Crippen molar-refractivity contribution in [2.24, 2.45) is 11.8 Å². The minimum atomic E-state index is -1.06. The number of hydrogen-bond donors (Lipinski definition) is 2. The molecule has 5 nitrogen and oxygen atoms in total. The van der Waals surface area contributed by atoms with Crippen LogP contribution in [0.4, 0.5) is 0 Å². The van der Waals surface area contributed by atoms with Crippen LogP contribution in [0.5, 0.6) is 0 Å². The summed E-state index contributed by atoms with van der Waals surface area (Å²) in [6.07, 6.45) is 2.00. The predicted octanol–water partition coefficient (Wildman–Crippen LogP) is 1.18. The van der Waals surface area contributed by atoms with Crippen molar-refractivity contribution in [3.05, 3.63) is 35.4 Å². The van der Waals surface area contributed by atoms with Gasteiger partial charge in [-0.3, -0.25) is 4.79 Å². The zero-order valence-corrected chi connectivity index (χ0v) is 11.9. The number of methoxy groups -OCH3 is 1. The zero-order valence-electron chi connectivity index (χ0n) is 11.9. The first-order valence-electron chi connectivity index (χ1n) is 7.23. The summed E-state index contributed by atoms with van der Waals surface area (Å²) in [7, 11) is 1.43. The van der Waals surface area contributed by atoms with Gasteiger partial charge in [-0.1, -0.05) is 24.3 Å². The second-order valence-electron chi connectivity index (χ2n) is 5.81. The quantitative estimate of drug-likeness (QED) is 0.853. The maximum absolute atomic E-state index is 12.3. The number of carboxylic acids is 1. The molecule has 0 bridgehead atoms. The van der Waals surface area contributed by atoms with E-state index in [1.54, 1.807) is 0 Å². The minimum absolute atomic E-state index is 0.0142. The van der Waals surface area contributed by atoms with Gasteiger partial charge in [0.25, 0.3) is 0 Å². The highest BCUT2D eigenvalue weighted by atomic mass is 16.5. The molecule has 2 aliphatic rings. The van der Waals surface area contributed by atoms with Crippen molar-refractivity contribution >= 4 is 11.9 Å². The Labute approximate surface area is 123 Å². The first-order valence-corrected chi connectivity index (χ1v) is 7.23. The fourth-order valence-electron chi connectivity index (χ4n) is 3.53. The van der Waals surface area contributed by atoms with E-state index in [9.17, 15) is 9.59 Å². The highest BCUT2D eigenvalue weighted by Crippen LogP contribution is 2.59. The molecule has 1 aromatic rings. The van der Waals surface area contributed by atoms with Crippen LogP contribution < -0.4 is 5.32 Å². The number of rotatable bonds is 5. The van der Waals surface area contributed by atoms with Crippen molar-refractivity contribution < 1.29 is 19.4 Å². The molecule has 0 saturated heterocycles. The molecule has 2 N–H and O–H groups in total. The van der Waals surface area contributed by atoms with Gasteiger partial charge < -0.3 is 15.2 Å². The molecule has 0 aliphatic heterocycles. The van der Waals surface area contributed by atoms with Crippen LogP contribution in [-0.4, -0.2) is 36.7 Å². The number of amides is 1. The Balaban J connectivity index is 1.70. The van der Waals surface area contributed by atoms with Crippen LogP contribution in [0, 0.1) is 11.8 Å². The molecule has 1 saturated carbocycles. The summed E-state index contributed by atoms with van der Waals surface area (Å²) in [5.41, 5.74) is 2.58. The monoisotopic (exact) mass is 289 g/mol. The molecule has 4 unspecified atom stereocenters. The predicted molar refractivity (Wildman–Crippen MR) is 75.9 cm³/mol. The number of ether oxygens (including phenoxy) is 1. The number of carbonyl (C=O) groups is 2. The fourth-order valence-corrected chi connectivity index (χ4v) is 3.53. The minimum Gasteiger partial charge on any atom is -0.480 e. The molecular formula is C16H19NO4. The van der Waals surface area contributed by atoms with Crippen LogP contribution in [0.15, 0.2) is 24.3 Å². The Hall–Kier alpha value is -1.88. The Morgan fingerprint density at radius 2 is 2.19 bits per heavy atom. The first-order chi connectivity index (χ1) is 10.1. The molecule has 1 fully saturated rings. The summed E-state index contributed by atoms with van der Waals surface area (Å²) >= 11 is 0. The fraction of sp³-hybridized carbons (Fsp3) is 0.500. The third-order valence-corrected chi connectivity index (χ3v) is 4.58. The van der Waals surface area contributed by atoms with Crippen molar-refractivity contribution in [2.75, 3.05) is 13.7 Å². The molecule has 0 heterocycles. The lowest BCUT2D eigenvalue weighted by Crippen LogP contribution is -2.44. The van der Waals surface area contributed by atoms with Crippen LogP contribution in [0.3, 0.4) is 0 Å². The Kier molecular flexibility index (Phi) is 3.68. The van der Waals surface area contributed by atoms with E-state index >= 15 is 0 Å². The number of fused-ring (bicyclic) bond motifs is 3. The van der Waals surface area contributed by atoms with E-state index in [1.165, 1.54) is 18.2 Å². The SMILES string of the molecule is COCC(NC(=O)C1C2CCc3ccccc3C21)C(=O)O. The van der Waals surface area contributed by atoms with Gasteiger partial charge in [0.1, 0.15) is 0 Å². The van der Waals surface area contributed by atoms with Crippen LogP contribution in [0.2, 0.25) is 0 Å². The van der Waals surface area contributed by atoms with E-state index in [1.807, 2.05) is 12.1 Å². The van der Waals surface area contributed by atoms with E-state index < -0.39 is 12.0 Å². The van der Waals surface area contributed by atoms with Gasteiger partial charge in [-0.05, 0) is 35.8 Å². The Bertz CT molecular complexity index is 571. The van der Waals surface area contributed by atoms with Gasteiger partial charge in [0.15, 0.2) is 6.04 Å². The number of hydrogen-bond acceptors (Lipinski definition) is 3. The van der Waals surface area contributed by atoms with Crippen LogP contribution in [0.25, 0.3) is 0 Å². The van der Waals surface area contributed by atoms with E-state index in [0.29, 0.717) is 5.92 Å². The number of nitrogens with one attached hydrogen (secondary N) is 1. The summed E-state index contributed by atoms with van der Waals surface area (Å²) in [5.74, 6) is -0.698. The zero-order chi connectivity index (χ0) is 15.0. The van der Waals surface area contributed by atoms with E-state index in [4.69, 9.17) is 9.84 Å². The van der Waals surface area contributed by atoms with Gasteiger partial charge in [-0.25, -0.2) is 4.79 Å². The number of aliphatic carboxylic acids is 1. The Morgan fingerprint density at radius 3 is 2.90 bits per heavy atom. The topological polar surface area (TPSA) is 75.6 Å². The van der Waals surface area contributed by atoms with Crippen molar-refractivity contribution in [3.8, 4) is 0 Å². The van der Waals surface area contributed by atoms with Crippen LogP contribution in [-0.2, 0) is 20.7 Å². The average molecular weight is 289 g/mol. The van der Waals surface area contributed by atoms with Crippen molar-refractivity contribution in [1.29, 1.82) is 0 Å². The molecule has 112 valence electrons. The van der Waals surface area contributed by atoms with Gasteiger partial charge in [0.05, 0.1) is 6.61 Å². The number of benzene rings is 1. The lowest BCUT2D eigenvalue weighted by molar-refractivity contribution is -0.143. The number of carboxylic acid groups (broad SMARTS) is 1. The molecule has 2 aliphatic carbocycles. The van der Waals surface area contributed by atoms with Gasteiger partial charge in [-0.2, -0.15) is 0 Å².